The predicted molar refractivity (Wildman–Crippen MR) is 124 cm³/mol. The molecule has 2 N–H and O–H groups in total. The molecule has 0 aliphatic heterocycles. The standard InChI is InChI=1S/C26H24N2O4/c1-2-23(32-24-15-7-10-18-9-3-4-12-20(18)24)26(30)28-22-14-6-5-13-21(22)25(29)27-17-19-11-8-16-31-19/h3-16,23H,2,17H2,1H3,(H,27,29)(H,28,30). The second-order valence-corrected chi connectivity index (χ2v) is 7.29. The molecule has 0 spiro atoms. The van der Waals surface area contributed by atoms with Gasteiger partial charge in [-0.05, 0) is 42.1 Å². The van der Waals surface area contributed by atoms with Crippen molar-refractivity contribution < 1.29 is 18.7 Å². The number of rotatable bonds is 8. The predicted octanol–water partition coefficient (Wildman–Crippen LogP) is 5.16. The fourth-order valence-corrected chi connectivity index (χ4v) is 3.45. The summed E-state index contributed by atoms with van der Waals surface area (Å²) in [5.41, 5.74) is 0.793. The molecule has 4 aromatic rings. The number of benzene rings is 3. The van der Waals surface area contributed by atoms with E-state index in [1.54, 1.807) is 42.7 Å². The molecule has 0 fully saturated rings. The van der Waals surface area contributed by atoms with Crippen LogP contribution in [-0.2, 0) is 11.3 Å². The molecule has 32 heavy (non-hydrogen) atoms. The van der Waals surface area contributed by atoms with Crippen LogP contribution in [0, 0.1) is 0 Å². The lowest BCUT2D eigenvalue weighted by molar-refractivity contribution is -0.122. The molecule has 6 heteroatoms. The molecular weight excluding hydrogens is 404 g/mol. The summed E-state index contributed by atoms with van der Waals surface area (Å²) in [7, 11) is 0. The Hall–Kier alpha value is -4.06. The summed E-state index contributed by atoms with van der Waals surface area (Å²) in [6, 6.07) is 24.1. The fourth-order valence-electron chi connectivity index (χ4n) is 3.45. The van der Waals surface area contributed by atoms with Crippen LogP contribution in [0.15, 0.2) is 89.5 Å². The van der Waals surface area contributed by atoms with Gasteiger partial charge in [0, 0.05) is 5.39 Å². The monoisotopic (exact) mass is 428 g/mol. The van der Waals surface area contributed by atoms with Crippen molar-refractivity contribution in [1.82, 2.24) is 5.32 Å². The summed E-state index contributed by atoms with van der Waals surface area (Å²) >= 11 is 0. The van der Waals surface area contributed by atoms with E-state index in [-0.39, 0.29) is 18.4 Å². The molecule has 6 nitrogen and oxygen atoms in total. The number of hydrogen-bond acceptors (Lipinski definition) is 4. The maximum Gasteiger partial charge on any atom is 0.265 e. The first-order valence-electron chi connectivity index (χ1n) is 10.5. The number of carbonyl (C=O) groups is 2. The molecule has 0 aliphatic carbocycles. The number of anilines is 1. The lowest BCUT2D eigenvalue weighted by Gasteiger charge is -2.19. The van der Waals surface area contributed by atoms with Crippen LogP contribution in [0.3, 0.4) is 0 Å². The lowest BCUT2D eigenvalue weighted by Crippen LogP contribution is -2.33. The van der Waals surface area contributed by atoms with Crippen molar-refractivity contribution in [2.24, 2.45) is 0 Å². The highest BCUT2D eigenvalue weighted by Gasteiger charge is 2.21. The van der Waals surface area contributed by atoms with Crippen LogP contribution in [0.1, 0.15) is 29.5 Å². The molecule has 0 saturated carbocycles. The fraction of sp³-hybridized carbons (Fsp3) is 0.154. The van der Waals surface area contributed by atoms with Crippen molar-refractivity contribution >= 4 is 28.3 Å². The van der Waals surface area contributed by atoms with Gasteiger partial charge in [0.25, 0.3) is 11.8 Å². The Bertz CT molecular complexity index is 1210. The molecular formula is C26H24N2O4. The van der Waals surface area contributed by atoms with Crippen molar-refractivity contribution in [2.75, 3.05) is 5.32 Å². The van der Waals surface area contributed by atoms with E-state index in [9.17, 15) is 9.59 Å². The van der Waals surface area contributed by atoms with Gasteiger partial charge in [-0.25, -0.2) is 0 Å². The Morgan fingerprint density at radius 2 is 1.72 bits per heavy atom. The zero-order valence-electron chi connectivity index (χ0n) is 17.7. The average Bonchev–Trinajstić information content (AvgIpc) is 3.35. The number of nitrogens with one attached hydrogen (secondary N) is 2. The van der Waals surface area contributed by atoms with Crippen LogP contribution >= 0.6 is 0 Å². The molecule has 1 atom stereocenters. The Kier molecular flexibility index (Phi) is 6.51. The van der Waals surface area contributed by atoms with Gasteiger partial charge in [0.1, 0.15) is 11.5 Å². The molecule has 0 bridgehead atoms. The lowest BCUT2D eigenvalue weighted by atomic mass is 10.1. The van der Waals surface area contributed by atoms with E-state index in [0.29, 0.717) is 29.2 Å². The highest BCUT2D eigenvalue weighted by Crippen LogP contribution is 2.27. The Balaban J connectivity index is 1.48. The number of para-hydroxylation sites is 1. The summed E-state index contributed by atoms with van der Waals surface area (Å²) in [5.74, 6) is 0.677. The first-order chi connectivity index (χ1) is 15.7. The van der Waals surface area contributed by atoms with Crippen molar-refractivity contribution in [1.29, 1.82) is 0 Å². The van der Waals surface area contributed by atoms with Crippen LogP contribution in [-0.4, -0.2) is 17.9 Å². The first-order valence-corrected chi connectivity index (χ1v) is 10.5. The maximum absolute atomic E-state index is 13.0. The van der Waals surface area contributed by atoms with E-state index in [1.807, 2.05) is 49.4 Å². The van der Waals surface area contributed by atoms with Gasteiger partial charge in [-0.1, -0.05) is 55.5 Å². The largest absolute Gasteiger partial charge is 0.480 e. The molecule has 1 aromatic heterocycles. The van der Waals surface area contributed by atoms with Gasteiger partial charge < -0.3 is 19.8 Å². The summed E-state index contributed by atoms with van der Waals surface area (Å²) < 4.78 is 11.3. The molecule has 0 radical (unpaired) electrons. The minimum absolute atomic E-state index is 0.260. The van der Waals surface area contributed by atoms with Crippen LogP contribution in [0.25, 0.3) is 10.8 Å². The maximum atomic E-state index is 13.0. The molecule has 4 rings (SSSR count). The van der Waals surface area contributed by atoms with Crippen LogP contribution < -0.4 is 15.4 Å². The second-order valence-electron chi connectivity index (χ2n) is 7.29. The molecule has 0 aliphatic rings. The number of carbonyl (C=O) groups excluding carboxylic acids is 2. The topological polar surface area (TPSA) is 80.6 Å². The van der Waals surface area contributed by atoms with Gasteiger partial charge in [0.15, 0.2) is 6.10 Å². The van der Waals surface area contributed by atoms with Crippen molar-refractivity contribution in [3.8, 4) is 5.75 Å². The van der Waals surface area contributed by atoms with E-state index < -0.39 is 6.10 Å². The minimum atomic E-state index is -0.708. The zero-order valence-corrected chi connectivity index (χ0v) is 17.7. The summed E-state index contributed by atoms with van der Waals surface area (Å²) in [4.78, 5) is 25.7. The Labute approximate surface area is 186 Å². The normalized spacial score (nSPS) is 11.7. The third-order valence-corrected chi connectivity index (χ3v) is 5.11. The molecule has 1 heterocycles. The van der Waals surface area contributed by atoms with Crippen LogP contribution in [0.2, 0.25) is 0 Å². The third-order valence-electron chi connectivity index (χ3n) is 5.11. The smallest absolute Gasteiger partial charge is 0.265 e. The number of hydrogen-bond donors (Lipinski definition) is 2. The first kappa shape index (κ1) is 21.2. The Morgan fingerprint density at radius 3 is 2.53 bits per heavy atom. The van der Waals surface area contributed by atoms with Crippen molar-refractivity contribution in [2.45, 2.75) is 26.0 Å². The van der Waals surface area contributed by atoms with Gasteiger partial charge in [0.2, 0.25) is 0 Å². The molecule has 0 saturated heterocycles. The van der Waals surface area contributed by atoms with Gasteiger partial charge in [0.05, 0.1) is 24.1 Å². The van der Waals surface area contributed by atoms with Gasteiger partial charge in [-0.2, -0.15) is 0 Å². The number of furan rings is 1. The summed E-state index contributed by atoms with van der Waals surface area (Å²) in [6.45, 7) is 2.15. The molecule has 3 aromatic carbocycles. The van der Waals surface area contributed by atoms with Gasteiger partial charge in [-0.15, -0.1) is 0 Å². The minimum Gasteiger partial charge on any atom is -0.480 e. The number of ether oxygens (including phenoxy) is 1. The summed E-state index contributed by atoms with van der Waals surface area (Å²) in [5, 5.41) is 7.64. The highest BCUT2D eigenvalue weighted by molar-refractivity contribution is 6.04. The van der Waals surface area contributed by atoms with Crippen molar-refractivity contribution in [3.63, 3.8) is 0 Å². The quantitative estimate of drug-likeness (QED) is 0.406. The van der Waals surface area contributed by atoms with Crippen LogP contribution in [0.4, 0.5) is 5.69 Å². The summed E-state index contributed by atoms with van der Waals surface area (Å²) in [6.07, 6.45) is 1.32. The average molecular weight is 428 g/mol. The molecule has 2 amide bonds. The zero-order chi connectivity index (χ0) is 22.3. The van der Waals surface area contributed by atoms with Gasteiger partial charge >= 0.3 is 0 Å². The molecule has 162 valence electrons. The van der Waals surface area contributed by atoms with E-state index in [4.69, 9.17) is 9.15 Å². The van der Waals surface area contributed by atoms with Crippen molar-refractivity contribution in [3.05, 3.63) is 96.4 Å². The van der Waals surface area contributed by atoms with E-state index in [0.717, 1.165) is 10.8 Å². The van der Waals surface area contributed by atoms with E-state index in [1.165, 1.54) is 0 Å². The SMILES string of the molecule is CCC(Oc1cccc2ccccc12)C(=O)Nc1ccccc1C(=O)NCc1ccco1. The van der Waals surface area contributed by atoms with E-state index >= 15 is 0 Å². The highest BCUT2D eigenvalue weighted by atomic mass is 16.5. The van der Waals surface area contributed by atoms with Gasteiger partial charge in [-0.3, -0.25) is 9.59 Å². The number of fused-ring (bicyclic) bond motifs is 1. The second kappa shape index (κ2) is 9.83. The van der Waals surface area contributed by atoms with Crippen LogP contribution in [0.5, 0.6) is 5.75 Å². The Morgan fingerprint density at radius 1 is 0.938 bits per heavy atom. The van der Waals surface area contributed by atoms with E-state index in [2.05, 4.69) is 10.6 Å². The molecule has 1 unspecified atom stereocenters. The third kappa shape index (κ3) is 4.81. The number of amides is 2.